The lowest BCUT2D eigenvalue weighted by Crippen LogP contribution is -2.25. The monoisotopic (exact) mass is 426 g/mol. The lowest BCUT2D eigenvalue weighted by Gasteiger charge is -2.03. The van der Waals surface area contributed by atoms with Gasteiger partial charge in [-0.15, -0.1) is 0 Å². The van der Waals surface area contributed by atoms with E-state index < -0.39 is 42.2 Å². The van der Waals surface area contributed by atoms with Gasteiger partial charge in [0, 0.05) is 12.6 Å². The van der Waals surface area contributed by atoms with E-state index in [-0.39, 0.29) is 6.04 Å². The van der Waals surface area contributed by atoms with Gasteiger partial charge < -0.3 is 50.6 Å². The minimum atomic E-state index is -4.55. The Morgan fingerprint density at radius 3 is 0.826 bits per heavy atom. The third-order valence-electron chi connectivity index (χ3n) is 1.11. The average Bonchev–Trinajstić information content (AvgIpc) is 2.06. The van der Waals surface area contributed by atoms with Crippen molar-refractivity contribution in [2.45, 2.75) is 13.0 Å². The van der Waals surface area contributed by atoms with Gasteiger partial charge in [-0.05, 0) is 6.92 Å². The van der Waals surface area contributed by atoms with Crippen molar-refractivity contribution < 1.29 is 57.4 Å². The Morgan fingerprint density at radius 2 is 0.826 bits per heavy atom. The largest absolute Gasteiger partial charge is 0.337 e. The Balaban J connectivity index is -0.000000273. The lowest BCUT2D eigenvalue weighted by molar-refractivity contribution is 0.352. The van der Waals surface area contributed by atoms with E-state index in [0.29, 0.717) is 6.54 Å². The summed E-state index contributed by atoms with van der Waals surface area (Å²) < 4.78 is 39.4. The molecule has 0 radical (unpaired) electrons. The zero-order valence-electron chi connectivity index (χ0n) is 11.9. The van der Waals surface area contributed by atoms with Crippen LogP contribution in [0.2, 0.25) is 0 Å². The van der Waals surface area contributed by atoms with Crippen LogP contribution in [0.3, 0.4) is 0 Å². The third-order valence-corrected chi connectivity index (χ3v) is 7.00. The molecule has 23 heavy (non-hydrogen) atoms. The summed E-state index contributed by atoms with van der Waals surface area (Å²) in [5, 5.41) is 0. The number of hydrogen-bond donors (Lipinski definition) is 10. The molecule has 0 amide bonds. The summed E-state index contributed by atoms with van der Waals surface area (Å²) in [7, 11) is -18.2. The molecule has 0 rings (SSSR count). The van der Waals surface area contributed by atoms with Crippen molar-refractivity contribution >= 4 is 30.4 Å². The highest BCUT2D eigenvalue weighted by Gasteiger charge is 2.27. The van der Waals surface area contributed by atoms with E-state index in [1.54, 1.807) is 0 Å². The van der Waals surface area contributed by atoms with Gasteiger partial charge in [-0.1, -0.05) is 0 Å². The quantitative estimate of drug-likeness (QED) is 0.211. The van der Waals surface area contributed by atoms with Crippen molar-refractivity contribution in [3.05, 3.63) is 0 Å². The summed E-state index contributed by atoms with van der Waals surface area (Å²) in [5.41, 5.74) is 10.2. The van der Waals surface area contributed by atoms with Crippen LogP contribution in [-0.4, -0.2) is 63.5 Å². The average molecular weight is 426 g/mol. The van der Waals surface area contributed by atoms with E-state index in [1.165, 1.54) is 0 Å². The topological polar surface area (TPSA) is 282 Å². The van der Waals surface area contributed by atoms with Crippen LogP contribution in [0.25, 0.3) is 0 Å². The van der Waals surface area contributed by atoms with E-state index >= 15 is 0 Å². The van der Waals surface area contributed by atoms with Crippen LogP contribution < -0.4 is 11.5 Å². The molecule has 0 aromatic carbocycles. The first-order valence-corrected chi connectivity index (χ1v) is 12.5. The smallest absolute Gasteiger partial charge is 0.329 e. The molecule has 0 aliphatic heterocycles. The molecule has 0 fully saturated rings. The fourth-order valence-corrected chi connectivity index (χ4v) is 4.32. The second-order valence-corrected chi connectivity index (χ2v) is 11.7. The fraction of sp³-hybridized carbons (Fsp3) is 1.00. The minimum Gasteiger partial charge on any atom is -0.329 e. The van der Waals surface area contributed by atoms with E-state index in [9.17, 15) is 18.3 Å². The predicted molar refractivity (Wildman–Crippen MR) is 80.6 cm³/mol. The minimum absolute atomic E-state index is 0.162. The van der Waals surface area contributed by atoms with Crippen molar-refractivity contribution in [1.82, 2.24) is 0 Å². The van der Waals surface area contributed by atoms with Crippen LogP contribution in [-0.2, 0) is 18.3 Å². The zero-order chi connectivity index (χ0) is 19.7. The first kappa shape index (κ1) is 28.3. The maximum absolute atomic E-state index is 9.85. The summed E-state index contributed by atoms with van der Waals surface area (Å²) >= 11 is 0. The molecular weight excluding hydrogens is 404 g/mol. The summed E-state index contributed by atoms with van der Waals surface area (Å²) in [4.78, 5) is 63.8. The van der Waals surface area contributed by atoms with Gasteiger partial charge in [0.2, 0.25) is 0 Å². The molecule has 14 nitrogen and oxygen atoms in total. The standard InChI is InChI=1S/C3H10N2.2CH6O6P2/c1-3(5)2-4;2*2-8(3,4)1-9(5,6)7/h3H,2,4-5H2,1H3;2*1H2,(H2,2,3,4)(H2,5,6,7). The highest BCUT2D eigenvalue weighted by molar-refractivity contribution is 7.69. The van der Waals surface area contributed by atoms with Crippen molar-refractivity contribution in [1.29, 1.82) is 0 Å². The lowest BCUT2D eigenvalue weighted by atomic mass is 10.4. The second-order valence-electron chi connectivity index (χ2n) is 4.15. The fourth-order valence-electron chi connectivity index (χ4n) is 0.480. The summed E-state index contributed by atoms with van der Waals surface area (Å²) in [6.07, 6.45) is 0. The molecule has 0 aliphatic rings. The predicted octanol–water partition coefficient (Wildman–Crippen LogP) is -2.11. The van der Waals surface area contributed by atoms with Crippen molar-refractivity contribution in [3.8, 4) is 0 Å². The van der Waals surface area contributed by atoms with Crippen LogP contribution in [0, 0.1) is 0 Å². The van der Waals surface area contributed by atoms with Crippen molar-refractivity contribution in [2.24, 2.45) is 11.5 Å². The third kappa shape index (κ3) is 45.0. The van der Waals surface area contributed by atoms with E-state index in [1.807, 2.05) is 6.92 Å². The number of nitrogens with two attached hydrogens (primary N) is 2. The summed E-state index contributed by atoms with van der Waals surface area (Å²) in [5.74, 6) is -2.75. The van der Waals surface area contributed by atoms with Gasteiger partial charge in [0.1, 0.15) is 0 Å². The molecule has 18 heteroatoms. The molecule has 0 saturated carbocycles. The summed E-state index contributed by atoms with van der Waals surface area (Å²) in [6, 6.07) is 0.162. The van der Waals surface area contributed by atoms with Gasteiger partial charge in [0.25, 0.3) is 0 Å². The first-order chi connectivity index (χ1) is 9.68. The molecule has 1 unspecified atom stereocenters. The normalized spacial score (nSPS) is 14.0. The highest BCUT2D eigenvalue weighted by atomic mass is 31.2. The Bertz CT molecular complexity index is 416. The Kier molecular flexibility index (Phi) is 13.8. The molecule has 0 bridgehead atoms. The second kappa shape index (κ2) is 11.2. The van der Waals surface area contributed by atoms with Gasteiger partial charge in [0.15, 0.2) is 11.8 Å². The zero-order valence-corrected chi connectivity index (χ0v) is 15.4. The molecule has 0 saturated heterocycles. The molecule has 0 aliphatic carbocycles. The SMILES string of the molecule is CC(N)CN.O=P(O)(O)CP(=O)(O)O.O=P(O)(O)CP(=O)(O)O. The number of hydrogen-bond acceptors (Lipinski definition) is 6. The van der Waals surface area contributed by atoms with E-state index in [2.05, 4.69) is 0 Å². The Hall–Kier alpha value is 0.520. The molecule has 0 aromatic heterocycles. The Morgan fingerprint density at radius 1 is 0.696 bits per heavy atom. The first-order valence-electron chi connectivity index (χ1n) is 5.32. The van der Waals surface area contributed by atoms with Crippen LogP contribution in [0.4, 0.5) is 0 Å². The maximum atomic E-state index is 9.85. The molecule has 0 spiro atoms. The van der Waals surface area contributed by atoms with Crippen LogP contribution in [0.15, 0.2) is 0 Å². The summed E-state index contributed by atoms with van der Waals surface area (Å²) in [6.45, 7) is 2.46. The molecule has 0 aromatic rings. The van der Waals surface area contributed by atoms with Crippen LogP contribution in [0.1, 0.15) is 6.92 Å². The molecule has 0 heterocycles. The van der Waals surface area contributed by atoms with Crippen molar-refractivity contribution in [2.75, 3.05) is 18.4 Å². The van der Waals surface area contributed by atoms with Crippen molar-refractivity contribution in [3.63, 3.8) is 0 Å². The molecule has 144 valence electrons. The van der Waals surface area contributed by atoms with Crippen LogP contribution in [0.5, 0.6) is 0 Å². The highest BCUT2D eigenvalue weighted by Crippen LogP contribution is 2.52. The molecule has 1 atom stereocenters. The van der Waals surface area contributed by atoms with E-state index in [4.69, 9.17) is 50.6 Å². The molecular formula is C5H22N2O12P4. The Labute approximate surface area is 131 Å². The van der Waals surface area contributed by atoms with Gasteiger partial charge in [0.05, 0.1) is 0 Å². The van der Waals surface area contributed by atoms with Gasteiger partial charge in [-0.25, -0.2) is 0 Å². The van der Waals surface area contributed by atoms with Crippen LogP contribution >= 0.6 is 30.4 Å². The van der Waals surface area contributed by atoms with Gasteiger partial charge in [-0.2, -0.15) is 0 Å². The van der Waals surface area contributed by atoms with E-state index in [0.717, 1.165) is 0 Å². The van der Waals surface area contributed by atoms with Gasteiger partial charge in [-0.3, -0.25) is 18.3 Å². The van der Waals surface area contributed by atoms with Gasteiger partial charge >= 0.3 is 30.4 Å². The maximum Gasteiger partial charge on any atom is 0.337 e. The molecule has 12 N–H and O–H groups in total. The number of rotatable bonds is 5.